The van der Waals surface area contributed by atoms with Gasteiger partial charge in [0.05, 0.1) is 30.0 Å². The van der Waals surface area contributed by atoms with Crippen molar-refractivity contribution in [2.75, 3.05) is 0 Å². The van der Waals surface area contributed by atoms with Gasteiger partial charge >= 0.3 is 50.9 Å². The second-order valence-electron chi connectivity index (χ2n) is 16.6. The average molecular weight is 1390 g/mol. The number of imidazole rings is 5. The summed E-state index contributed by atoms with van der Waals surface area (Å²) in [6.07, 6.45) is 35.2. The summed E-state index contributed by atoms with van der Waals surface area (Å²) in [6, 6.07) is 21.0. The molecule has 0 fully saturated rings. The van der Waals surface area contributed by atoms with Crippen molar-refractivity contribution in [1.29, 1.82) is 0 Å². The maximum Gasteiger partial charge on any atom is 0.681 e. The molecule has 6 aliphatic rings. The molecule has 0 amide bonds. The molecule has 0 atom stereocenters. The van der Waals surface area contributed by atoms with Crippen LogP contribution in [0.4, 0.5) is 0 Å². The fourth-order valence-corrected chi connectivity index (χ4v) is 8.31. The molecule has 0 unspecified atom stereocenters. The van der Waals surface area contributed by atoms with Crippen LogP contribution in [0.25, 0.3) is 40.0 Å². The number of fused-ring (bicyclic) bond motifs is 18. The Morgan fingerprint density at radius 2 is 0.709 bits per heavy atom. The summed E-state index contributed by atoms with van der Waals surface area (Å²) in [4.78, 5) is 49.1. The minimum absolute atomic E-state index is 0.540. The largest absolute Gasteiger partial charge is 0.681 e. The standard InChI is InChI=1S/C9H6BN2O.C8H5BN4O.4C8H5BN3O.12C2H6/c1-2-4-8-7(3-1)12-6-5-11-9(12)10-13-8;1-2-11-7-6-4-10-5-12-8(6)14-9-13(7)3-1;1-2-10-5-6-7(1)13-9-8-11-3-4-12(6)8;1-2-10-5-7-6(1)12-4-3-11-8(12)9-13-7;1-2-6-7(10-3-1)12-5-4-11-8(12)9-13-6;1-2-6-7(10-3-1)13-9-8-11-4-5-12(6)8;12*1-2/h1-6H;1-5H;4*1-5H;12*1-2H3/q;+1;;;;;;;;;;;;;;;;. The molecule has 18 rings (SSSR count). The van der Waals surface area contributed by atoms with E-state index in [0.717, 1.165) is 91.6 Å². The van der Waals surface area contributed by atoms with Crippen LogP contribution in [0, 0.1) is 0 Å². The molecule has 0 N–H and O–H groups in total. The maximum atomic E-state index is 5.40. The molecule has 17 heterocycles. The lowest BCUT2D eigenvalue weighted by Crippen LogP contribution is -2.48. The lowest BCUT2D eigenvalue weighted by atomic mass is 9.97. The van der Waals surface area contributed by atoms with Gasteiger partial charge in [0.1, 0.15) is 81.1 Å². The first-order valence-electron chi connectivity index (χ1n) is 35.9. The number of hydrogen-bond acceptors (Lipinski definition) is 18. The van der Waals surface area contributed by atoms with Gasteiger partial charge in [-0.1, -0.05) is 183 Å². The summed E-state index contributed by atoms with van der Waals surface area (Å²) >= 11 is 0. The highest BCUT2D eigenvalue weighted by Crippen LogP contribution is 2.27. The Morgan fingerprint density at radius 3 is 1.29 bits per heavy atom. The van der Waals surface area contributed by atoms with Crippen LogP contribution in [-0.2, 0) is 0 Å². The molecule has 103 heavy (non-hydrogen) atoms. The van der Waals surface area contributed by atoms with Crippen LogP contribution >= 0.6 is 0 Å². The van der Waals surface area contributed by atoms with E-state index >= 15 is 0 Å². The van der Waals surface area contributed by atoms with Crippen molar-refractivity contribution in [3.8, 4) is 74.7 Å². The van der Waals surface area contributed by atoms with Gasteiger partial charge < -0.3 is 46.2 Å². The molecule has 0 aliphatic carbocycles. The normalized spacial score (nSPS) is 10.1. The minimum Gasteiger partial charge on any atom is -0.554 e. The van der Waals surface area contributed by atoms with E-state index in [2.05, 4.69) is 59.8 Å². The third kappa shape index (κ3) is 25.1. The van der Waals surface area contributed by atoms with E-state index < -0.39 is 0 Å². The predicted octanol–water partition coefficient (Wildman–Crippen LogP) is 12.0. The highest BCUT2D eigenvalue weighted by Gasteiger charge is 2.29. The molecule has 11 aromatic heterocycles. The van der Waals surface area contributed by atoms with Crippen molar-refractivity contribution < 1.29 is 32.4 Å². The molecule has 1 aromatic carbocycles. The van der Waals surface area contributed by atoms with Crippen molar-refractivity contribution in [3.63, 3.8) is 0 Å². The quantitative estimate of drug-likeness (QED) is 0.128. The SMILES string of the molecule is CC.CC.CC.CC.CC.CC.CC.CC.CC.CC.CC.CC.[B]1Oc2ccccc2-n2ccnc21.[B]1Oc2cccnc2-n2ccnc21.[B]1Oc2ccncc2-n2ccnc21.[B]1Oc2cnccc2-n2ccnc21.[B]1Oc2ncccc2-n2ccnc21.[B]1Oc2ncncc2-c2nccc[n+]21. The second kappa shape index (κ2) is 55.0. The highest BCUT2D eigenvalue weighted by molar-refractivity contribution is 6.48. The van der Waals surface area contributed by atoms with Crippen molar-refractivity contribution in [2.24, 2.45) is 0 Å². The molecular weight excluding hydrogens is 1290 g/mol. The van der Waals surface area contributed by atoms with Crippen LogP contribution < -0.4 is 61.0 Å². The molecule has 12 aromatic rings. The summed E-state index contributed by atoms with van der Waals surface area (Å²) in [5, 5.41) is 0. The monoisotopic (exact) mass is 1390 g/mol. The zero-order valence-corrected chi connectivity index (χ0v) is 64.9. The van der Waals surface area contributed by atoms with E-state index in [4.69, 9.17) is 27.9 Å². The van der Waals surface area contributed by atoms with E-state index in [1.807, 2.05) is 293 Å². The number of rotatable bonds is 0. The fourth-order valence-electron chi connectivity index (χ4n) is 8.31. The first-order chi connectivity index (χ1) is 51.2. The number of pyridine rings is 4. The van der Waals surface area contributed by atoms with Gasteiger partial charge in [0, 0.05) is 99.0 Å². The van der Waals surface area contributed by atoms with Crippen LogP contribution in [0.2, 0.25) is 0 Å². The van der Waals surface area contributed by atoms with Gasteiger partial charge in [-0.2, -0.15) is 0 Å². The van der Waals surface area contributed by atoms with Crippen LogP contribution in [0.5, 0.6) is 34.8 Å². The summed E-state index contributed by atoms with van der Waals surface area (Å²) in [5.74, 6) is 5.92. The zero-order valence-electron chi connectivity index (χ0n) is 64.9. The predicted molar refractivity (Wildman–Crippen MR) is 422 cm³/mol. The Labute approximate surface area is 617 Å². The summed E-state index contributed by atoms with van der Waals surface area (Å²) < 4.78 is 43.5. The van der Waals surface area contributed by atoms with Crippen LogP contribution in [-0.4, -0.2) is 128 Å². The first kappa shape index (κ1) is 90.2. The van der Waals surface area contributed by atoms with E-state index in [1.165, 1.54) is 6.33 Å². The summed E-state index contributed by atoms with van der Waals surface area (Å²) in [7, 11) is 9.67. The van der Waals surface area contributed by atoms with Crippen molar-refractivity contribution in [1.82, 2.24) is 82.6 Å². The molecule has 24 nitrogen and oxygen atoms in total. The van der Waals surface area contributed by atoms with Crippen LogP contribution in [0.15, 0.2) is 191 Å². The number of hydrogen-bond donors (Lipinski definition) is 0. The van der Waals surface area contributed by atoms with Crippen LogP contribution in [0.1, 0.15) is 166 Å². The lowest BCUT2D eigenvalue weighted by Gasteiger charge is -2.17. The van der Waals surface area contributed by atoms with Crippen molar-refractivity contribution in [2.45, 2.75) is 166 Å². The number of para-hydroxylation sites is 2. The highest BCUT2D eigenvalue weighted by atomic mass is 16.5. The van der Waals surface area contributed by atoms with Gasteiger partial charge in [-0.3, -0.25) is 19.0 Å². The molecule has 0 bridgehead atoms. The van der Waals surface area contributed by atoms with Gasteiger partial charge in [-0.15, -0.1) is 0 Å². The second-order valence-corrected chi connectivity index (χ2v) is 16.6. The summed E-state index contributed by atoms with van der Waals surface area (Å²) in [5.41, 5.74) is 8.66. The number of nitrogens with zero attached hydrogens (tertiary/aromatic N) is 18. The molecule has 0 spiro atoms. The third-order valence-corrected chi connectivity index (χ3v) is 11.9. The lowest BCUT2D eigenvalue weighted by molar-refractivity contribution is -0.531. The van der Waals surface area contributed by atoms with Gasteiger partial charge in [-0.05, 0) is 48.5 Å². The Balaban J connectivity index is 0.000000583. The average Bonchev–Trinajstić information content (AvgIpc) is 1.69. The van der Waals surface area contributed by atoms with E-state index in [0.29, 0.717) is 11.8 Å². The Morgan fingerprint density at radius 1 is 0.291 bits per heavy atom. The Kier molecular flexibility index (Phi) is 48.2. The van der Waals surface area contributed by atoms with Gasteiger partial charge in [0.2, 0.25) is 11.8 Å². The number of benzene rings is 1. The fraction of sp³-hybridized carbons (Fsp3) is 0.329. The molecule has 6 radical (unpaired) electrons. The maximum absolute atomic E-state index is 5.40. The van der Waals surface area contributed by atoms with Gasteiger partial charge in [0.15, 0.2) is 5.82 Å². The molecule has 0 saturated carbocycles. The van der Waals surface area contributed by atoms with E-state index in [9.17, 15) is 0 Å². The van der Waals surface area contributed by atoms with Crippen LogP contribution in [0.3, 0.4) is 0 Å². The molecular formula is C73H103B6N18O6+. The zero-order chi connectivity index (χ0) is 76.7. The Bertz CT molecular complexity index is 3570. The molecule has 30 heteroatoms. The summed E-state index contributed by atoms with van der Waals surface area (Å²) in [6.45, 7) is 48.0. The molecule has 0 saturated heterocycles. The topological polar surface area (TPSA) is 239 Å². The number of aromatic nitrogens is 18. The molecule has 538 valence electrons. The van der Waals surface area contributed by atoms with Crippen molar-refractivity contribution in [3.05, 3.63) is 191 Å². The van der Waals surface area contributed by atoms with E-state index in [1.54, 1.807) is 130 Å². The van der Waals surface area contributed by atoms with Crippen molar-refractivity contribution >= 4 is 73.6 Å². The minimum atomic E-state index is 0.540. The Hall–Kier alpha value is -10.8. The molecule has 6 aliphatic heterocycles. The first-order valence-corrected chi connectivity index (χ1v) is 35.9. The van der Waals surface area contributed by atoms with E-state index in [-0.39, 0.29) is 0 Å². The van der Waals surface area contributed by atoms with Gasteiger partial charge in [-0.25, -0.2) is 44.9 Å². The third-order valence-electron chi connectivity index (χ3n) is 11.9. The van der Waals surface area contributed by atoms with Gasteiger partial charge in [0.25, 0.3) is 0 Å². The smallest absolute Gasteiger partial charge is 0.554 e.